The number of likely N-dealkylation sites (N-methyl/N-ethyl adjacent to an activating group) is 1. The Morgan fingerprint density at radius 1 is 1.57 bits per heavy atom. The van der Waals surface area contributed by atoms with Crippen LogP contribution in [0.15, 0.2) is 22.8 Å². The molecule has 14 heavy (non-hydrogen) atoms. The average molecular weight is 259 g/mol. The fourth-order valence-electron chi connectivity index (χ4n) is 1.16. The molecule has 1 aromatic heterocycles. The summed E-state index contributed by atoms with van der Waals surface area (Å²) in [4.78, 5) is 16.6. The average Bonchev–Trinajstić information content (AvgIpc) is 2.07. The topological polar surface area (TPSA) is 53.4 Å². The molecular formula is C9H11BrN2O2. The van der Waals surface area contributed by atoms with Crippen LogP contribution in [0.25, 0.3) is 0 Å². The summed E-state index contributed by atoms with van der Waals surface area (Å²) < 4.78 is 0.837. The molecule has 4 nitrogen and oxygen atoms in total. The van der Waals surface area contributed by atoms with E-state index in [-0.39, 0.29) is 0 Å². The van der Waals surface area contributed by atoms with Crippen molar-refractivity contribution in [3.63, 3.8) is 0 Å². The van der Waals surface area contributed by atoms with Crippen molar-refractivity contribution in [3.8, 4) is 0 Å². The van der Waals surface area contributed by atoms with Crippen molar-refractivity contribution in [1.82, 2.24) is 9.88 Å². The molecule has 0 spiro atoms. The van der Waals surface area contributed by atoms with Crippen LogP contribution in [0.2, 0.25) is 0 Å². The van der Waals surface area contributed by atoms with Crippen LogP contribution in [0.3, 0.4) is 0 Å². The molecule has 0 aromatic carbocycles. The lowest BCUT2D eigenvalue weighted by molar-refractivity contribution is -0.142. The maximum atomic E-state index is 10.9. The summed E-state index contributed by atoms with van der Waals surface area (Å²) in [6.45, 7) is 0. The number of pyridine rings is 1. The van der Waals surface area contributed by atoms with Crippen molar-refractivity contribution in [1.29, 1.82) is 0 Å². The Kier molecular flexibility index (Phi) is 3.60. The predicted molar refractivity (Wildman–Crippen MR) is 56.0 cm³/mol. The monoisotopic (exact) mass is 258 g/mol. The number of nitrogens with zero attached hydrogens (tertiary/aromatic N) is 2. The van der Waals surface area contributed by atoms with E-state index < -0.39 is 12.0 Å². The molecule has 5 heteroatoms. The number of aromatic nitrogens is 1. The van der Waals surface area contributed by atoms with Gasteiger partial charge in [0.15, 0.2) is 6.04 Å². The molecular weight excluding hydrogens is 248 g/mol. The van der Waals surface area contributed by atoms with Crippen molar-refractivity contribution in [3.05, 3.63) is 28.5 Å². The molecule has 1 heterocycles. The van der Waals surface area contributed by atoms with Gasteiger partial charge in [-0.3, -0.25) is 14.7 Å². The molecule has 1 unspecified atom stereocenters. The Morgan fingerprint density at radius 2 is 2.21 bits per heavy atom. The minimum absolute atomic E-state index is 0.533. The lowest BCUT2D eigenvalue weighted by atomic mass is 10.2. The number of rotatable bonds is 3. The van der Waals surface area contributed by atoms with Crippen LogP contribution in [0.4, 0.5) is 0 Å². The van der Waals surface area contributed by atoms with E-state index in [2.05, 4.69) is 20.9 Å². The van der Waals surface area contributed by atoms with Crippen LogP contribution in [-0.4, -0.2) is 35.1 Å². The third-order valence-corrected chi connectivity index (χ3v) is 2.25. The van der Waals surface area contributed by atoms with E-state index in [0.717, 1.165) is 4.47 Å². The zero-order valence-corrected chi connectivity index (χ0v) is 9.52. The molecule has 0 fully saturated rings. The number of carbonyl (C=O) groups is 1. The van der Waals surface area contributed by atoms with E-state index >= 15 is 0 Å². The van der Waals surface area contributed by atoms with Crippen LogP contribution < -0.4 is 0 Å². The summed E-state index contributed by atoms with van der Waals surface area (Å²) in [5, 5.41) is 8.97. The third kappa shape index (κ3) is 2.52. The summed E-state index contributed by atoms with van der Waals surface area (Å²) in [6, 6.07) is 2.79. The standard InChI is InChI=1S/C9H11BrN2O2/c1-12(2)8(9(13)14)7-4-3-6(10)5-11-7/h3-5,8H,1-2H3,(H,13,14). The third-order valence-electron chi connectivity index (χ3n) is 1.78. The first-order valence-corrected chi connectivity index (χ1v) is 4.82. The number of hydrogen-bond donors (Lipinski definition) is 1. The number of halogens is 1. The number of carboxylic acid groups (broad SMARTS) is 1. The van der Waals surface area contributed by atoms with Gasteiger partial charge < -0.3 is 5.11 Å². The van der Waals surface area contributed by atoms with Crippen LogP contribution in [0, 0.1) is 0 Å². The van der Waals surface area contributed by atoms with Crippen molar-refractivity contribution >= 4 is 21.9 Å². The number of aliphatic carboxylic acids is 1. The second-order valence-corrected chi connectivity index (χ2v) is 4.02. The summed E-state index contributed by atoms with van der Waals surface area (Å²) in [5.74, 6) is -0.898. The Balaban J connectivity index is 3.00. The summed E-state index contributed by atoms with van der Waals surface area (Å²) >= 11 is 3.25. The second kappa shape index (κ2) is 4.52. The normalized spacial score (nSPS) is 12.9. The van der Waals surface area contributed by atoms with Gasteiger partial charge in [-0.2, -0.15) is 0 Å². The highest BCUT2D eigenvalue weighted by atomic mass is 79.9. The molecule has 0 aliphatic carbocycles. The molecule has 0 saturated heterocycles. The number of hydrogen-bond acceptors (Lipinski definition) is 3. The summed E-state index contributed by atoms with van der Waals surface area (Å²) in [5.41, 5.74) is 0.533. The minimum Gasteiger partial charge on any atom is -0.480 e. The first kappa shape index (κ1) is 11.1. The van der Waals surface area contributed by atoms with Crippen LogP contribution >= 0.6 is 15.9 Å². The van der Waals surface area contributed by atoms with Gasteiger partial charge in [-0.25, -0.2) is 0 Å². The van der Waals surface area contributed by atoms with Crippen molar-refractivity contribution in [2.24, 2.45) is 0 Å². The van der Waals surface area contributed by atoms with Gasteiger partial charge >= 0.3 is 5.97 Å². The van der Waals surface area contributed by atoms with Gasteiger partial charge in [-0.05, 0) is 42.2 Å². The van der Waals surface area contributed by atoms with E-state index in [4.69, 9.17) is 5.11 Å². The summed E-state index contributed by atoms with van der Waals surface area (Å²) in [7, 11) is 3.42. The molecule has 1 aromatic rings. The van der Waals surface area contributed by atoms with Crippen LogP contribution in [0.1, 0.15) is 11.7 Å². The molecule has 0 bridgehead atoms. The second-order valence-electron chi connectivity index (χ2n) is 3.11. The smallest absolute Gasteiger partial charge is 0.327 e. The first-order valence-electron chi connectivity index (χ1n) is 4.03. The van der Waals surface area contributed by atoms with Crippen molar-refractivity contribution < 1.29 is 9.90 Å². The van der Waals surface area contributed by atoms with E-state index in [1.165, 1.54) is 0 Å². The van der Waals surface area contributed by atoms with Gasteiger partial charge in [0.2, 0.25) is 0 Å². The predicted octanol–water partition coefficient (Wildman–Crippen LogP) is 1.53. The van der Waals surface area contributed by atoms with Gasteiger partial charge in [0.05, 0.1) is 5.69 Å². The van der Waals surface area contributed by atoms with Gasteiger partial charge in [-0.1, -0.05) is 0 Å². The van der Waals surface area contributed by atoms with E-state index in [1.807, 2.05) is 0 Å². The zero-order valence-electron chi connectivity index (χ0n) is 7.94. The quantitative estimate of drug-likeness (QED) is 0.894. The molecule has 0 amide bonds. The highest BCUT2D eigenvalue weighted by Gasteiger charge is 2.22. The van der Waals surface area contributed by atoms with Gasteiger partial charge in [0, 0.05) is 10.7 Å². The van der Waals surface area contributed by atoms with Gasteiger partial charge in [0.1, 0.15) is 0 Å². The van der Waals surface area contributed by atoms with E-state index in [1.54, 1.807) is 37.3 Å². The van der Waals surface area contributed by atoms with Gasteiger partial charge in [0.25, 0.3) is 0 Å². The first-order chi connectivity index (χ1) is 6.52. The molecule has 0 aliphatic rings. The van der Waals surface area contributed by atoms with Crippen molar-refractivity contribution in [2.75, 3.05) is 14.1 Å². The van der Waals surface area contributed by atoms with E-state index in [9.17, 15) is 4.79 Å². The zero-order chi connectivity index (χ0) is 10.7. The Labute approximate surface area is 90.7 Å². The Hall–Kier alpha value is -0.940. The lowest BCUT2D eigenvalue weighted by Gasteiger charge is -2.19. The van der Waals surface area contributed by atoms with E-state index in [0.29, 0.717) is 5.69 Å². The largest absolute Gasteiger partial charge is 0.480 e. The molecule has 0 aliphatic heterocycles. The highest BCUT2D eigenvalue weighted by molar-refractivity contribution is 9.10. The fourth-order valence-corrected chi connectivity index (χ4v) is 1.40. The van der Waals surface area contributed by atoms with Crippen LogP contribution in [-0.2, 0) is 4.79 Å². The SMILES string of the molecule is CN(C)C(C(=O)O)c1ccc(Br)cn1. The minimum atomic E-state index is -0.898. The lowest BCUT2D eigenvalue weighted by Crippen LogP contribution is -2.28. The fraction of sp³-hybridized carbons (Fsp3) is 0.333. The highest BCUT2D eigenvalue weighted by Crippen LogP contribution is 2.17. The molecule has 0 radical (unpaired) electrons. The number of carboxylic acids is 1. The van der Waals surface area contributed by atoms with Crippen molar-refractivity contribution in [2.45, 2.75) is 6.04 Å². The maximum Gasteiger partial charge on any atom is 0.327 e. The molecule has 1 N–H and O–H groups in total. The van der Waals surface area contributed by atoms with Crippen LogP contribution in [0.5, 0.6) is 0 Å². The molecule has 1 rings (SSSR count). The van der Waals surface area contributed by atoms with Gasteiger partial charge in [-0.15, -0.1) is 0 Å². The Bertz CT molecular complexity index is 324. The maximum absolute atomic E-state index is 10.9. The molecule has 76 valence electrons. The molecule has 0 saturated carbocycles. The summed E-state index contributed by atoms with van der Waals surface area (Å²) in [6.07, 6.45) is 1.59. The Morgan fingerprint density at radius 3 is 2.57 bits per heavy atom. The molecule has 1 atom stereocenters.